The van der Waals surface area contributed by atoms with Crippen molar-refractivity contribution in [3.63, 3.8) is 0 Å². The van der Waals surface area contributed by atoms with E-state index in [0.29, 0.717) is 0 Å². The lowest BCUT2D eigenvalue weighted by Crippen LogP contribution is -2.30. The summed E-state index contributed by atoms with van der Waals surface area (Å²) >= 11 is 0. The highest BCUT2D eigenvalue weighted by atomic mass is 15.0. The maximum Gasteiger partial charge on any atom is 0.126 e. The highest BCUT2D eigenvalue weighted by Gasteiger charge is 2.19. The first-order valence-electron chi connectivity index (χ1n) is 4.86. The molecule has 0 amide bonds. The quantitative estimate of drug-likeness (QED) is 0.746. The van der Waals surface area contributed by atoms with Crippen LogP contribution < -0.4 is 5.73 Å². The van der Waals surface area contributed by atoms with Crippen molar-refractivity contribution in [3.05, 3.63) is 17.2 Å². The van der Waals surface area contributed by atoms with Crippen LogP contribution in [0.3, 0.4) is 0 Å². The van der Waals surface area contributed by atoms with E-state index in [9.17, 15) is 0 Å². The number of nitrogens with zero attached hydrogens (tertiary/aromatic N) is 1. The van der Waals surface area contributed by atoms with E-state index >= 15 is 0 Å². The van der Waals surface area contributed by atoms with Crippen LogP contribution in [-0.4, -0.2) is 9.97 Å². The highest BCUT2D eigenvalue weighted by Crippen LogP contribution is 2.16. The van der Waals surface area contributed by atoms with Crippen LogP contribution in [0.4, 0.5) is 0 Å². The second-order valence-electron chi connectivity index (χ2n) is 3.94. The van der Waals surface area contributed by atoms with E-state index in [1.165, 1.54) is 5.69 Å². The summed E-state index contributed by atoms with van der Waals surface area (Å²) in [5.41, 5.74) is 7.96. The van der Waals surface area contributed by atoms with Crippen LogP contribution in [-0.2, 0) is 18.4 Å². The van der Waals surface area contributed by atoms with E-state index < -0.39 is 0 Å². The summed E-state index contributed by atoms with van der Waals surface area (Å²) in [6.45, 7) is 8.16. The Morgan fingerprint density at radius 1 is 1.31 bits per heavy atom. The van der Waals surface area contributed by atoms with Crippen molar-refractivity contribution >= 4 is 0 Å². The van der Waals surface area contributed by atoms with Gasteiger partial charge < -0.3 is 10.7 Å². The molecule has 1 rings (SSSR count). The fourth-order valence-electron chi connectivity index (χ4n) is 1.34. The Labute approximate surface area is 79.8 Å². The van der Waals surface area contributed by atoms with Crippen LogP contribution in [0.25, 0.3) is 0 Å². The van der Waals surface area contributed by atoms with E-state index in [1.807, 2.05) is 13.8 Å². The minimum absolute atomic E-state index is 0.364. The van der Waals surface area contributed by atoms with Gasteiger partial charge in [0.2, 0.25) is 0 Å². The molecule has 3 heteroatoms. The third-order valence-corrected chi connectivity index (χ3v) is 2.16. The second kappa shape index (κ2) is 3.50. The van der Waals surface area contributed by atoms with Crippen molar-refractivity contribution in [1.82, 2.24) is 9.97 Å². The van der Waals surface area contributed by atoms with Crippen molar-refractivity contribution in [3.8, 4) is 0 Å². The first kappa shape index (κ1) is 10.3. The number of imidazole rings is 1. The molecule has 0 bridgehead atoms. The Kier molecular flexibility index (Phi) is 2.76. The molecule has 0 aliphatic carbocycles. The molecule has 0 saturated heterocycles. The molecule has 0 atom stereocenters. The van der Waals surface area contributed by atoms with Crippen LogP contribution in [0.1, 0.15) is 44.9 Å². The lowest BCUT2D eigenvalue weighted by molar-refractivity contribution is 0.518. The molecule has 0 spiro atoms. The lowest BCUT2D eigenvalue weighted by atomic mass is 10.1. The number of nitrogens with one attached hydrogen (secondary N) is 1. The fourth-order valence-corrected chi connectivity index (χ4v) is 1.34. The van der Waals surface area contributed by atoms with Crippen LogP contribution in [0.2, 0.25) is 0 Å². The van der Waals surface area contributed by atoms with Gasteiger partial charge in [-0.3, -0.25) is 0 Å². The smallest absolute Gasteiger partial charge is 0.126 e. The zero-order valence-electron chi connectivity index (χ0n) is 8.94. The average molecular weight is 181 g/mol. The SMILES string of the molecule is CCc1nc(C(C)(C)N)[nH]c1CC. The number of hydrogen-bond acceptors (Lipinski definition) is 2. The number of H-pyrrole nitrogens is 1. The zero-order valence-corrected chi connectivity index (χ0v) is 8.94. The van der Waals surface area contributed by atoms with Gasteiger partial charge in [-0.1, -0.05) is 13.8 Å². The Hall–Kier alpha value is -0.830. The molecule has 0 aliphatic rings. The molecule has 74 valence electrons. The molecule has 0 aromatic carbocycles. The van der Waals surface area contributed by atoms with Gasteiger partial charge >= 0.3 is 0 Å². The minimum atomic E-state index is -0.364. The molecule has 1 heterocycles. The van der Waals surface area contributed by atoms with Crippen molar-refractivity contribution in [2.24, 2.45) is 5.73 Å². The van der Waals surface area contributed by atoms with Crippen molar-refractivity contribution in [2.45, 2.75) is 46.1 Å². The predicted octanol–water partition coefficient (Wildman–Crippen LogP) is 1.73. The van der Waals surface area contributed by atoms with Gasteiger partial charge in [0.25, 0.3) is 0 Å². The second-order valence-corrected chi connectivity index (χ2v) is 3.94. The van der Waals surface area contributed by atoms with E-state index in [0.717, 1.165) is 24.4 Å². The Morgan fingerprint density at radius 2 is 1.92 bits per heavy atom. The average Bonchev–Trinajstić information content (AvgIpc) is 2.45. The number of aromatic nitrogens is 2. The summed E-state index contributed by atoms with van der Waals surface area (Å²) in [4.78, 5) is 7.78. The van der Waals surface area contributed by atoms with Gasteiger partial charge in [-0.25, -0.2) is 4.98 Å². The van der Waals surface area contributed by atoms with E-state index in [1.54, 1.807) is 0 Å². The molecular formula is C10H19N3. The van der Waals surface area contributed by atoms with Gasteiger partial charge in [0.15, 0.2) is 0 Å². The third-order valence-electron chi connectivity index (χ3n) is 2.16. The molecule has 1 aromatic rings. The molecule has 0 saturated carbocycles. The van der Waals surface area contributed by atoms with Crippen molar-refractivity contribution < 1.29 is 0 Å². The Bertz CT molecular complexity index is 259. The summed E-state index contributed by atoms with van der Waals surface area (Å²) in [7, 11) is 0. The zero-order chi connectivity index (χ0) is 10.1. The van der Waals surface area contributed by atoms with Crippen LogP contribution in [0, 0.1) is 0 Å². The summed E-state index contributed by atoms with van der Waals surface area (Å²) < 4.78 is 0. The van der Waals surface area contributed by atoms with Gasteiger partial charge in [-0.2, -0.15) is 0 Å². The van der Waals surface area contributed by atoms with Crippen molar-refractivity contribution in [2.75, 3.05) is 0 Å². The first-order valence-corrected chi connectivity index (χ1v) is 4.86. The maximum atomic E-state index is 5.95. The van der Waals surface area contributed by atoms with E-state index in [4.69, 9.17) is 5.73 Å². The van der Waals surface area contributed by atoms with Gasteiger partial charge in [0.05, 0.1) is 11.2 Å². The number of aryl methyl sites for hydroxylation is 2. The van der Waals surface area contributed by atoms with Gasteiger partial charge in [0.1, 0.15) is 5.82 Å². The summed E-state index contributed by atoms with van der Waals surface area (Å²) in [5, 5.41) is 0. The lowest BCUT2D eigenvalue weighted by Gasteiger charge is -2.14. The topological polar surface area (TPSA) is 54.7 Å². The Morgan fingerprint density at radius 3 is 2.23 bits per heavy atom. The molecule has 13 heavy (non-hydrogen) atoms. The Balaban J connectivity index is 3.07. The van der Waals surface area contributed by atoms with Crippen molar-refractivity contribution in [1.29, 1.82) is 0 Å². The molecule has 0 aliphatic heterocycles. The summed E-state index contributed by atoms with van der Waals surface area (Å²) in [5.74, 6) is 0.890. The number of nitrogens with two attached hydrogens (primary N) is 1. The van der Waals surface area contributed by atoms with Crippen LogP contribution in [0.15, 0.2) is 0 Å². The minimum Gasteiger partial charge on any atom is -0.344 e. The number of aromatic amines is 1. The standard InChI is InChI=1S/C10H19N3/c1-5-7-8(6-2)13-9(12-7)10(3,4)11/h5-6,11H2,1-4H3,(H,12,13). The van der Waals surface area contributed by atoms with Crippen LogP contribution >= 0.6 is 0 Å². The third kappa shape index (κ3) is 2.10. The molecule has 0 radical (unpaired) electrons. The van der Waals surface area contributed by atoms with Gasteiger partial charge in [0, 0.05) is 5.69 Å². The molecule has 3 N–H and O–H groups in total. The molecular weight excluding hydrogens is 162 g/mol. The summed E-state index contributed by atoms with van der Waals surface area (Å²) in [6.07, 6.45) is 1.96. The van der Waals surface area contributed by atoms with Gasteiger partial charge in [-0.05, 0) is 26.7 Å². The van der Waals surface area contributed by atoms with Crippen LogP contribution in [0.5, 0.6) is 0 Å². The van der Waals surface area contributed by atoms with E-state index in [-0.39, 0.29) is 5.54 Å². The molecule has 0 unspecified atom stereocenters. The normalized spacial score (nSPS) is 12.1. The predicted molar refractivity (Wildman–Crippen MR) is 54.6 cm³/mol. The molecule has 0 fully saturated rings. The fraction of sp³-hybridized carbons (Fsp3) is 0.700. The van der Waals surface area contributed by atoms with E-state index in [2.05, 4.69) is 23.8 Å². The number of hydrogen-bond donors (Lipinski definition) is 2. The molecule has 1 aromatic heterocycles. The number of rotatable bonds is 3. The highest BCUT2D eigenvalue weighted by molar-refractivity contribution is 5.18. The first-order chi connectivity index (χ1) is 5.99. The summed E-state index contributed by atoms with van der Waals surface area (Å²) in [6, 6.07) is 0. The maximum absolute atomic E-state index is 5.95. The molecule has 3 nitrogen and oxygen atoms in total. The monoisotopic (exact) mass is 181 g/mol. The van der Waals surface area contributed by atoms with Gasteiger partial charge in [-0.15, -0.1) is 0 Å². The largest absolute Gasteiger partial charge is 0.344 e.